The van der Waals surface area contributed by atoms with Crippen LogP contribution in [-0.4, -0.2) is 21.4 Å². The van der Waals surface area contributed by atoms with Crippen LogP contribution in [0.15, 0.2) is 0 Å². The zero-order valence-electron chi connectivity index (χ0n) is 15.1. The lowest BCUT2D eigenvalue weighted by molar-refractivity contribution is 0.0669. The second-order valence-electron chi connectivity index (χ2n) is 7.72. The topological polar surface area (TPSA) is 40.5 Å². The zero-order valence-corrected chi connectivity index (χ0v) is 15.1. The lowest BCUT2D eigenvalue weighted by atomic mass is 9.98. The summed E-state index contributed by atoms with van der Waals surface area (Å²) >= 11 is 0. The molecule has 0 saturated carbocycles. The summed E-state index contributed by atoms with van der Waals surface area (Å²) in [5.41, 5.74) is -0.914. The molecule has 0 radical (unpaired) electrons. The first-order chi connectivity index (χ1) is 8.98. The molecule has 0 amide bonds. The van der Waals surface area contributed by atoms with E-state index in [-0.39, 0.29) is 0 Å². The van der Waals surface area contributed by atoms with Crippen molar-refractivity contribution in [3.63, 3.8) is 0 Å². The van der Waals surface area contributed by atoms with Crippen LogP contribution in [0, 0.1) is 5.92 Å². The summed E-state index contributed by atoms with van der Waals surface area (Å²) in [7, 11) is 0. The number of aliphatic hydroxyl groups is 2. The van der Waals surface area contributed by atoms with E-state index in [9.17, 15) is 10.2 Å². The Bertz CT molecular complexity index is 196. The van der Waals surface area contributed by atoms with Gasteiger partial charge in [-0.15, -0.1) is 0 Å². The Balaban J connectivity index is 0. The molecule has 20 heavy (non-hydrogen) atoms. The average Bonchev–Trinajstić information content (AvgIpc) is 2.21. The fourth-order valence-corrected chi connectivity index (χ4v) is 1.93. The molecule has 0 aliphatic heterocycles. The first-order valence-electron chi connectivity index (χ1n) is 8.42. The van der Waals surface area contributed by atoms with Crippen LogP contribution >= 0.6 is 0 Å². The summed E-state index contributed by atoms with van der Waals surface area (Å²) in [5, 5.41) is 18.6. The normalized spacial score (nSPS) is 12.3. The minimum absolute atomic E-state index is 0.451. The van der Waals surface area contributed by atoms with E-state index in [0.717, 1.165) is 31.6 Å². The molecule has 0 aliphatic rings. The minimum atomic E-state index is -0.463. The summed E-state index contributed by atoms with van der Waals surface area (Å²) in [6.07, 6.45) is 9.23. The molecule has 0 unspecified atom stereocenters. The van der Waals surface area contributed by atoms with Gasteiger partial charge in [-0.1, -0.05) is 59.3 Å². The number of unbranched alkanes of at least 4 members (excludes halogenated alkanes) is 3. The monoisotopic (exact) mass is 288 g/mol. The predicted molar refractivity (Wildman–Crippen MR) is 90.0 cm³/mol. The van der Waals surface area contributed by atoms with Crippen LogP contribution in [0.4, 0.5) is 0 Å². The maximum atomic E-state index is 9.33. The van der Waals surface area contributed by atoms with E-state index < -0.39 is 11.2 Å². The molecular formula is C18H40O2. The Morgan fingerprint density at radius 3 is 1.55 bits per heavy atom. The molecule has 2 heteroatoms. The Hall–Kier alpha value is -0.0800. The molecule has 0 aromatic rings. The smallest absolute Gasteiger partial charge is 0.0591 e. The van der Waals surface area contributed by atoms with E-state index in [4.69, 9.17) is 0 Å². The number of hydrogen-bond acceptors (Lipinski definition) is 2. The van der Waals surface area contributed by atoms with Crippen molar-refractivity contribution in [3.8, 4) is 0 Å². The maximum Gasteiger partial charge on any atom is 0.0591 e. The number of hydrogen-bond donors (Lipinski definition) is 2. The molecule has 0 saturated heterocycles. The van der Waals surface area contributed by atoms with Crippen molar-refractivity contribution in [2.45, 2.75) is 111 Å². The van der Waals surface area contributed by atoms with E-state index in [0.29, 0.717) is 0 Å². The van der Waals surface area contributed by atoms with Crippen LogP contribution in [-0.2, 0) is 0 Å². The van der Waals surface area contributed by atoms with E-state index >= 15 is 0 Å². The second kappa shape index (κ2) is 11.6. The van der Waals surface area contributed by atoms with Gasteiger partial charge in [-0.25, -0.2) is 0 Å². The van der Waals surface area contributed by atoms with Gasteiger partial charge in [0, 0.05) is 0 Å². The highest BCUT2D eigenvalue weighted by Crippen LogP contribution is 2.15. The highest BCUT2D eigenvalue weighted by molar-refractivity contribution is 4.65. The summed E-state index contributed by atoms with van der Waals surface area (Å²) in [4.78, 5) is 0. The lowest BCUT2D eigenvalue weighted by Crippen LogP contribution is -2.18. The molecule has 2 N–H and O–H groups in total. The van der Waals surface area contributed by atoms with Crippen molar-refractivity contribution in [2.24, 2.45) is 5.92 Å². The van der Waals surface area contributed by atoms with Crippen molar-refractivity contribution in [2.75, 3.05) is 0 Å². The van der Waals surface area contributed by atoms with Crippen molar-refractivity contribution >= 4 is 0 Å². The van der Waals surface area contributed by atoms with E-state index in [1.165, 1.54) is 25.7 Å². The minimum Gasteiger partial charge on any atom is -0.390 e. The van der Waals surface area contributed by atoms with Crippen LogP contribution in [0.3, 0.4) is 0 Å². The van der Waals surface area contributed by atoms with Crippen molar-refractivity contribution < 1.29 is 10.2 Å². The highest BCUT2D eigenvalue weighted by atomic mass is 16.3. The van der Waals surface area contributed by atoms with E-state index in [2.05, 4.69) is 20.8 Å². The predicted octanol–water partition coefficient (Wildman–Crippen LogP) is 5.31. The molecule has 0 fully saturated rings. The average molecular weight is 289 g/mol. The third kappa shape index (κ3) is 26.5. The molecular weight excluding hydrogens is 248 g/mol. The Labute approximate surface area is 128 Å². The molecule has 0 heterocycles. The Kier molecular flexibility index (Phi) is 12.8. The first kappa shape index (κ1) is 22.2. The standard InChI is InChI=1S/2C9H20O/c1-8(2)6-5-7-9(3,4)10;1-4-5-6-7-8-9(2,3)10/h8,10H,5-7H2,1-4H3;10H,4-8H2,1-3H3. The first-order valence-corrected chi connectivity index (χ1v) is 8.42. The van der Waals surface area contributed by atoms with Gasteiger partial charge in [0.15, 0.2) is 0 Å². The highest BCUT2D eigenvalue weighted by Gasteiger charge is 2.11. The third-order valence-corrected chi connectivity index (χ3v) is 3.21. The summed E-state index contributed by atoms with van der Waals surface area (Å²) in [6.45, 7) is 14.1. The number of rotatable bonds is 9. The van der Waals surface area contributed by atoms with E-state index in [1.54, 1.807) is 0 Å². The van der Waals surface area contributed by atoms with Gasteiger partial charge in [0.2, 0.25) is 0 Å². The molecule has 0 aliphatic carbocycles. The second-order valence-corrected chi connectivity index (χ2v) is 7.72. The SMILES string of the molecule is CC(C)CCCC(C)(C)O.CCCCCCC(C)(C)O. The molecule has 0 rings (SSSR count). The van der Waals surface area contributed by atoms with Gasteiger partial charge in [-0.05, 0) is 46.5 Å². The fraction of sp³-hybridized carbons (Fsp3) is 1.00. The molecule has 124 valence electrons. The van der Waals surface area contributed by atoms with Gasteiger partial charge in [0.05, 0.1) is 11.2 Å². The van der Waals surface area contributed by atoms with Gasteiger partial charge < -0.3 is 10.2 Å². The molecule has 0 aromatic carbocycles. The van der Waals surface area contributed by atoms with E-state index in [1.807, 2.05) is 27.7 Å². The van der Waals surface area contributed by atoms with Gasteiger partial charge >= 0.3 is 0 Å². The van der Waals surface area contributed by atoms with Crippen molar-refractivity contribution in [1.29, 1.82) is 0 Å². The van der Waals surface area contributed by atoms with Gasteiger partial charge in [-0.3, -0.25) is 0 Å². The summed E-state index contributed by atoms with van der Waals surface area (Å²) in [6, 6.07) is 0. The lowest BCUT2D eigenvalue weighted by Gasteiger charge is -2.16. The molecule has 0 spiro atoms. The molecule has 0 atom stereocenters. The zero-order chi connectivity index (χ0) is 16.2. The quantitative estimate of drug-likeness (QED) is 0.564. The largest absolute Gasteiger partial charge is 0.390 e. The van der Waals surface area contributed by atoms with Gasteiger partial charge in [0.25, 0.3) is 0 Å². The molecule has 0 aromatic heterocycles. The fourth-order valence-electron chi connectivity index (χ4n) is 1.93. The molecule has 2 nitrogen and oxygen atoms in total. The summed E-state index contributed by atoms with van der Waals surface area (Å²) < 4.78 is 0. The van der Waals surface area contributed by atoms with Crippen LogP contribution < -0.4 is 0 Å². The Morgan fingerprint density at radius 2 is 1.20 bits per heavy atom. The van der Waals surface area contributed by atoms with Gasteiger partial charge in [-0.2, -0.15) is 0 Å². The van der Waals surface area contributed by atoms with Crippen LogP contribution in [0.25, 0.3) is 0 Å². The van der Waals surface area contributed by atoms with Crippen molar-refractivity contribution in [3.05, 3.63) is 0 Å². The van der Waals surface area contributed by atoms with Gasteiger partial charge in [0.1, 0.15) is 0 Å². The van der Waals surface area contributed by atoms with Crippen molar-refractivity contribution in [1.82, 2.24) is 0 Å². The third-order valence-electron chi connectivity index (χ3n) is 3.21. The van der Waals surface area contributed by atoms with Crippen LogP contribution in [0.2, 0.25) is 0 Å². The molecule has 0 bridgehead atoms. The maximum absolute atomic E-state index is 9.33. The van der Waals surface area contributed by atoms with Crippen LogP contribution in [0.5, 0.6) is 0 Å². The summed E-state index contributed by atoms with van der Waals surface area (Å²) in [5.74, 6) is 0.766. The Morgan fingerprint density at radius 1 is 0.750 bits per heavy atom. The van der Waals surface area contributed by atoms with Crippen LogP contribution in [0.1, 0.15) is 99.8 Å².